The number of rotatable bonds is 4. The van der Waals surface area contributed by atoms with Crippen LogP contribution in [-0.2, 0) is 6.42 Å². The molecule has 0 radical (unpaired) electrons. The lowest BCUT2D eigenvalue weighted by molar-refractivity contribution is 0.872. The molecule has 1 aromatic heterocycles. The summed E-state index contributed by atoms with van der Waals surface area (Å²) in [5, 5.41) is 5.17. The van der Waals surface area contributed by atoms with Crippen molar-refractivity contribution >= 4 is 0 Å². The van der Waals surface area contributed by atoms with Crippen LogP contribution in [0.5, 0.6) is 0 Å². The minimum atomic E-state index is 0.973. The van der Waals surface area contributed by atoms with Crippen LogP contribution in [0.25, 0.3) is 28.2 Å². The van der Waals surface area contributed by atoms with Crippen molar-refractivity contribution in [2.24, 2.45) is 0 Å². The molecule has 0 unspecified atom stereocenters. The first-order valence-electron chi connectivity index (χ1n) is 10.7. The highest BCUT2D eigenvalue weighted by Gasteiger charge is 2.20. The zero-order valence-electron chi connectivity index (χ0n) is 18.9. The quantitative estimate of drug-likeness (QED) is 0.355. The Morgan fingerprint density at radius 2 is 1.30 bits per heavy atom. The average Bonchev–Trinajstić information content (AvgIpc) is 3.09. The summed E-state index contributed by atoms with van der Waals surface area (Å²) in [5.74, 6) is 0. The van der Waals surface area contributed by atoms with Gasteiger partial charge in [-0.15, -0.1) is 0 Å². The molecule has 0 N–H and O–H groups in total. The standard InChI is InChI=1S/C28H30N2/c1-7-23-10-8-9-11-26(23)30-28(25-15-13-19(3)21(5)17-25)22(6)27(29-30)24-14-12-18(2)20(4)16-24/h8-17H,7H2,1-6H3. The summed E-state index contributed by atoms with van der Waals surface area (Å²) in [6.07, 6.45) is 0.973. The molecule has 4 aromatic rings. The monoisotopic (exact) mass is 394 g/mol. The predicted molar refractivity (Wildman–Crippen MR) is 127 cm³/mol. The van der Waals surface area contributed by atoms with Crippen molar-refractivity contribution in [1.29, 1.82) is 0 Å². The Hall–Kier alpha value is -3.13. The van der Waals surface area contributed by atoms with Gasteiger partial charge in [-0.1, -0.05) is 49.4 Å². The van der Waals surface area contributed by atoms with E-state index < -0.39 is 0 Å². The summed E-state index contributed by atoms with van der Waals surface area (Å²) in [6, 6.07) is 22.0. The molecule has 0 saturated carbocycles. The maximum Gasteiger partial charge on any atom is 0.0963 e. The molecule has 0 saturated heterocycles. The van der Waals surface area contributed by atoms with E-state index in [9.17, 15) is 0 Å². The second-order valence-electron chi connectivity index (χ2n) is 8.31. The zero-order chi connectivity index (χ0) is 21.4. The molecule has 2 heteroatoms. The Morgan fingerprint density at radius 3 is 1.93 bits per heavy atom. The minimum absolute atomic E-state index is 0.973. The highest BCUT2D eigenvalue weighted by molar-refractivity contribution is 5.77. The average molecular weight is 395 g/mol. The van der Waals surface area contributed by atoms with Gasteiger partial charge in [0.25, 0.3) is 0 Å². The molecule has 0 aliphatic carbocycles. The summed E-state index contributed by atoms with van der Waals surface area (Å²) in [5.41, 5.74) is 13.5. The van der Waals surface area contributed by atoms with Crippen molar-refractivity contribution < 1.29 is 0 Å². The van der Waals surface area contributed by atoms with Gasteiger partial charge in [0.2, 0.25) is 0 Å². The number of aromatic nitrogens is 2. The Balaban J connectivity index is 2.02. The van der Waals surface area contributed by atoms with E-state index in [0.29, 0.717) is 0 Å². The molecule has 0 amide bonds. The van der Waals surface area contributed by atoms with Crippen LogP contribution in [0.1, 0.15) is 40.3 Å². The van der Waals surface area contributed by atoms with E-state index in [1.54, 1.807) is 0 Å². The van der Waals surface area contributed by atoms with Crippen molar-refractivity contribution in [1.82, 2.24) is 9.78 Å². The number of para-hydroxylation sites is 1. The second-order valence-corrected chi connectivity index (χ2v) is 8.31. The summed E-state index contributed by atoms with van der Waals surface area (Å²) >= 11 is 0. The first-order valence-corrected chi connectivity index (χ1v) is 10.7. The molecule has 2 nitrogen and oxygen atoms in total. The SMILES string of the molecule is CCc1ccccc1-n1nc(-c2ccc(C)c(C)c2)c(C)c1-c1ccc(C)c(C)c1. The van der Waals surface area contributed by atoms with Crippen molar-refractivity contribution in [3.05, 3.63) is 94.0 Å². The lowest BCUT2D eigenvalue weighted by atomic mass is 9.98. The van der Waals surface area contributed by atoms with Crippen LogP contribution in [-0.4, -0.2) is 9.78 Å². The highest BCUT2D eigenvalue weighted by Crippen LogP contribution is 2.35. The molecule has 0 spiro atoms. The Morgan fingerprint density at radius 1 is 0.700 bits per heavy atom. The van der Waals surface area contributed by atoms with Crippen molar-refractivity contribution in [2.75, 3.05) is 0 Å². The second kappa shape index (κ2) is 7.95. The van der Waals surface area contributed by atoms with Gasteiger partial charge >= 0.3 is 0 Å². The number of hydrogen-bond acceptors (Lipinski definition) is 1. The molecule has 30 heavy (non-hydrogen) atoms. The first kappa shape index (κ1) is 20.2. The molecule has 1 heterocycles. The molecule has 4 rings (SSSR count). The fourth-order valence-electron chi connectivity index (χ4n) is 4.08. The van der Waals surface area contributed by atoms with Crippen molar-refractivity contribution in [3.63, 3.8) is 0 Å². The number of hydrogen-bond donors (Lipinski definition) is 0. The Kier molecular flexibility index (Phi) is 5.34. The van der Waals surface area contributed by atoms with Gasteiger partial charge in [0, 0.05) is 16.7 Å². The topological polar surface area (TPSA) is 17.8 Å². The normalized spacial score (nSPS) is 11.1. The molecule has 0 bridgehead atoms. The number of aryl methyl sites for hydroxylation is 5. The third-order valence-electron chi connectivity index (χ3n) is 6.28. The summed E-state index contributed by atoms with van der Waals surface area (Å²) in [7, 11) is 0. The summed E-state index contributed by atoms with van der Waals surface area (Å²) in [6.45, 7) is 13.1. The molecular formula is C28H30N2. The number of benzene rings is 3. The van der Waals surface area contributed by atoms with Crippen LogP contribution in [0.2, 0.25) is 0 Å². The maximum atomic E-state index is 5.17. The molecule has 0 fully saturated rings. The summed E-state index contributed by atoms with van der Waals surface area (Å²) < 4.78 is 2.16. The predicted octanol–water partition coefficient (Wildman–Crippen LogP) is 7.31. The van der Waals surface area contributed by atoms with E-state index in [1.165, 1.54) is 50.2 Å². The highest BCUT2D eigenvalue weighted by atomic mass is 15.3. The van der Waals surface area contributed by atoms with Gasteiger partial charge in [-0.25, -0.2) is 4.68 Å². The summed E-state index contributed by atoms with van der Waals surface area (Å²) in [4.78, 5) is 0. The van der Waals surface area contributed by atoms with Crippen molar-refractivity contribution in [2.45, 2.75) is 48.0 Å². The van der Waals surface area contributed by atoms with E-state index in [0.717, 1.165) is 17.8 Å². The van der Waals surface area contributed by atoms with Gasteiger partial charge in [-0.05, 0) is 87.1 Å². The van der Waals surface area contributed by atoms with Gasteiger partial charge in [0.15, 0.2) is 0 Å². The van der Waals surface area contributed by atoms with E-state index in [2.05, 4.69) is 107 Å². The fraction of sp³-hybridized carbons (Fsp3) is 0.250. The first-order chi connectivity index (χ1) is 14.4. The molecular weight excluding hydrogens is 364 g/mol. The minimum Gasteiger partial charge on any atom is -0.232 e. The van der Waals surface area contributed by atoms with Crippen LogP contribution in [0.3, 0.4) is 0 Å². The van der Waals surface area contributed by atoms with E-state index in [-0.39, 0.29) is 0 Å². The van der Waals surface area contributed by atoms with Gasteiger partial charge in [-0.2, -0.15) is 5.10 Å². The Labute approximate surface area is 180 Å². The molecule has 0 aliphatic heterocycles. The van der Waals surface area contributed by atoms with Crippen LogP contribution < -0.4 is 0 Å². The zero-order valence-corrected chi connectivity index (χ0v) is 18.9. The van der Waals surface area contributed by atoms with E-state index >= 15 is 0 Å². The fourth-order valence-corrected chi connectivity index (χ4v) is 4.08. The van der Waals surface area contributed by atoms with Crippen LogP contribution in [0.4, 0.5) is 0 Å². The lowest BCUT2D eigenvalue weighted by Gasteiger charge is -2.13. The largest absolute Gasteiger partial charge is 0.232 e. The molecule has 3 aromatic carbocycles. The molecule has 152 valence electrons. The van der Waals surface area contributed by atoms with E-state index in [4.69, 9.17) is 5.10 Å². The van der Waals surface area contributed by atoms with Crippen LogP contribution in [0, 0.1) is 34.6 Å². The van der Waals surface area contributed by atoms with Crippen LogP contribution in [0.15, 0.2) is 60.7 Å². The maximum absolute atomic E-state index is 5.17. The Bertz CT molecular complexity index is 1230. The molecule has 0 aliphatic rings. The lowest BCUT2D eigenvalue weighted by Crippen LogP contribution is -2.03. The van der Waals surface area contributed by atoms with Crippen molar-refractivity contribution in [3.8, 4) is 28.2 Å². The third kappa shape index (κ3) is 3.47. The number of nitrogens with zero attached hydrogens (tertiary/aromatic N) is 2. The van der Waals surface area contributed by atoms with E-state index in [1.807, 2.05) is 0 Å². The van der Waals surface area contributed by atoms with Gasteiger partial charge < -0.3 is 0 Å². The van der Waals surface area contributed by atoms with Crippen LogP contribution >= 0.6 is 0 Å². The van der Waals surface area contributed by atoms with Gasteiger partial charge in [0.05, 0.1) is 17.1 Å². The van der Waals surface area contributed by atoms with Gasteiger partial charge in [-0.3, -0.25) is 0 Å². The molecule has 0 atom stereocenters. The smallest absolute Gasteiger partial charge is 0.0963 e. The van der Waals surface area contributed by atoms with Gasteiger partial charge in [0.1, 0.15) is 0 Å². The third-order valence-corrected chi connectivity index (χ3v) is 6.28.